The zero-order chi connectivity index (χ0) is 21.3. The molecule has 1 aliphatic carbocycles. The number of nitrogens with one attached hydrogen (secondary N) is 3. The summed E-state index contributed by atoms with van der Waals surface area (Å²) >= 11 is 0. The molecule has 0 bridgehead atoms. The number of piperidine rings is 1. The van der Waals surface area contributed by atoms with Gasteiger partial charge in [0.15, 0.2) is 5.82 Å². The predicted molar refractivity (Wildman–Crippen MR) is 106 cm³/mol. The molecule has 2 heterocycles. The normalized spacial score (nSPS) is 19.0. The van der Waals surface area contributed by atoms with Gasteiger partial charge in [-0.15, -0.1) is 10.2 Å². The van der Waals surface area contributed by atoms with Gasteiger partial charge in [0.25, 0.3) is 0 Å². The third-order valence-electron chi connectivity index (χ3n) is 5.29. The van der Waals surface area contributed by atoms with Gasteiger partial charge in [0, 0.05) is 60.7 Å². The number of hydrogen-bond acceptors (Lipinski definition) is 7. The molecule has 4 rings (SSSR count). The Morgan fingerprint density at radius 2 is 1.87 bits per heavy atom. The van der Waals surface area contributed by atoms with Crippen molar-refractivity contribution in [1.82, 2.24) is 15.5 Å². The van der Waals surface area contributed by atoms with Gasteiger partial charge < -0.3 is 23.8 Å². The summed E-state index contributed by atoms with van der Waals surface area (Å²) in [6.07, 6.45) is -0.499. The second kappa shape index (κ2) is 9.81. The van der Waals surface area contributed by atoms with Crippen LogP contribution in [0.1, 0.15) is 42.7 Å². The molecule has 2 aliphatic rings. The van der Waals surface area contributed by atoms with E-state index in [2.05, 4.69) is 25.6 Å². The van der Waals surface area contributed by atoms with E-state index in [1.54, 1.807) is 6.07 Å². The number of aromatic nitrogens is 2. The van der Waals surface area contributed by atoms with Crippen molar-refractivity contribution >= 4 is 22.4 Å². The molecule has 1 saturated heterocycles. The fraction of sp³-hybridized carbons (Fsp3) is 0.474. The van der Waals surface area contributed by atoms with Crippen LogP contribution in [0.25, 0.3) is 11.3 Å². The van der Waals surface area contributed by atoms with Crippen molar-refractivity contribution in [1.29, 1.82) is 0 Å². The van der Waals surface area contributed by atoms with E-state index in [0.717, 1.165) is 56.5 Å². The fourth-order valence-corrected chi connectivity index (χ4v) is 3.99. The first kappa shape index (κ1) is 23.9. The molecule has 1 atom stereocenters. The second-order valence-corrected chi connectivity index (χ2v) is 8.26. The van der Waals surface area contributed by atoms with Crippen molar-refractivity contribution in [3.05, 3.63) is 35.4 Å². The van der Waals surface area contributed by atoms with Crippen LogP contribution in [0.2, 0.25) is 0 Å². The maximum atomic E-state index is 13.1. The summed E-state index contributed by atoms with van der Waals surface area (Å²) in [6, 6.07) is 4.93. The van der Waals surface area contributed by atoms with Gasteiger partial charge in [0.05, 0.1) is 11.3 Å². The number of nitrogens with zero attached hydrogens (tertiary/aromatic N) is 2. The van der Waals surface area contributed by atoms with E-state index in [1.165, 1.54) is 6.07 Å². The van der Waals surface area contributed by atoms with Gasteiger partial charge in [-0.3, -0.25) is 0 Å². The number of hydrogen-bond donors (Lipinski definition) is 3. The van der Waals surface area contributed by atoms with E-state index in [4.69, 9.17) is 0 Å². The van der Waals surface area contributed by atoms with Crippen LogP contribution in [0.3, 0.4) is 0 Å². The smallest absolute Gasteiger partial charge is 0.416 e. The van der Waals surface area contributed by atoms with E-state index in [-0.39, 0.29) is 37.7 Å². The van der Waals surface area contributed by atoms with Gasteiger partial charge in [-0.1, -0.05) is 6.07 Å². The van der Waals surface area contributed by atoms with Gasteiger partial charge in [-0.25, -0.2) is 0 Å². The van der Waals surface area contributed by atoms with Crippen molar-refractivity contribution in [3.63, 3.8) is 0 Å². The Morgan fingerprint density at radius 1 is 1.10 bits per heavy atom. The molecule has 3 N–H and O–H groups in total. The first-order valence-electron chi connectivity index (χ1n) is 9.73. The van der Waals surface area contributed by atoms with E-state index < -0.39 is 22.6 Å². The zero-order valence-electron chi connectivity index (χ0n) is 16.3. The van der Waals surface area contributed by atoms with Crippen LogP contribution >= 0.6 is 0 Å². The van der Waals surface area contributed by atoms with Crippen LogP contribution in [0.15, 0.2) is 24.3 Å². The molecule has 2 aromatic rings. The molecule has 0 unspecified atom stereocenters. The predicted octanol–water partition coefficient (Wildman–Crippen LogP) is 3.84. The van der Waals surface area contributed by atoms with Crippen LogP contribution < -0.4 is 15.4 Å². The molecule has 169 valence electrons. The van der Waals surface area contributed by atoms with Crippen molar-refractivity contribution < 1.29 is 42.0 Å². The van der Waals surface area contributed by atoms with Crippen molar-refractivity contribution in [2.24, 2.45) is 0 Å². The summed E-state index contributed by atoms with van der Waals surface area (Å²) in [5.74, 6) is 1.00. The molecule has 1 aliphatic heterocycles. The van der Waals surface area contributed by atoms with Gasteiger partial charge in [-0.05, 0) is 56.3 Å². The summed E-state index contributed by atoms with van der Waals surface area (Å²) in [7, 11) is -2.78. The van der Waals surface area contributed by atoms with Crippen molar-refractivity contribution in [3.8, 4) is 11.3 Å². The standard InChI is InChI=1S/C19H21F3N5O2S.Re/c20-19(21,22)12-5-6-14(17(8-12)27-30(28)29)16-9-15(11-3-4-11)18(26-25-16)24-13-2-1-7-23-10-13;/h5-6,8-9,11,13,23H,1-4,7,10H2,(H,24,26)(H,27,28,29);/q-1;/t13-;/m1./s1. The molecule has 31 heavy (non-hydrogen) atoms. The Balaban J connectivity index is 0.00000272. The summed E-state index contributed by atoms with van der Waals surface area (Å²) < 4.78 is 63.5. The maximum absolute atomic E-state index is 13.1. The van der Waals surface area contributed by atoms with Crippen LogP contribution in [-0.2, 0) is 45.9 Å². The van der Waals surface area contributed by atoms with E-state index in [9.17, 15) is 21.6 Å². The third-order valence-corrected chi connectivity index (χ3v) is 5.68. The Labute approximate surface area is 193 Å². The molecule has 0 amide bonds. The summed E-state index contributed by atoms with van der Waals surface area (Å²) in [6.45, 7) is 1.82. The van der Waals surface area contributed by atoms with Crippen LogP contribution in [0.5, 0.6) is 0 Å². The molecule has 1 aromatic heterocycles. The molecule has 7 nitrogen and oxygen atoms in total. The van der Waals surface area contributed by atoms with Gasteiger partial charge >= 0.3 is 6.18 Å². The number of rotatable bonds is 6. The first-order chi connectivity index (χ1) is 14.3. The SMILES string of the molecule is O=[S-](=O)Nc1cc(C(F)(F)F)ccc1-c1cc(C2CC2)c(N[C@@H]2CCCNC2)nn1.[Re]. The average molecular weight is 627 g/mol. The number of benzene rings is 1. The Hall–Kier alpha value is -1.74. The van der Waals surface area contributed by atoms with Gasteiger partial charge in [0.2, 0.25) is 0 Å². The van der Waals surface area contributed by atoms with Gasteiger partial charge in [0.1, 0.15) is 0 Å². The van der Waals surface area contributed by atoms with Crippen LogP contribution in [0, 0.1) is 0 Å². The van der Waals surface area contributed by atoms with Crippen molar-refractivity contribution in [2.45, 2.75) is 43.8 Å². The van der Waals surface area contributed by atoms with Crippen molar-refractivity contribution in [2.75, 3.05) is 23.1 Å². The summed E-state index contributed by atoms with van der Waals surface area (Å²) in [5, 5.41) is 15.3. The molecule has 1 radical (unpaired) electrons. The summed E-state index contributed by atoms with van der Waals surface area (Å²) in [5.41, 5.74) is 0.391. The monoisotopic (exact) mass is 627 g/mol. The Morgan fingerprint density at radius 3 is 2.48 bits per heavy atom. The number of anilines is 2. The quantitative estimate of drug-likeness (QED) is 0.422. The summed E-state index contributed by atoms with van der Waals surface area (Å²) in [4.78, 5) is 0. The molecular weight excluding hydrogens is 606 g/mol. The minimum atomic E-state index is -4.59. The molecule has 1 aromatic carbocycles. The second-order valence-electron chi connectivity index (χ2n) is 7.59. The third kappa shape index (κ3) is 5.94. The molecule has 12 heteroatoms. The van der Waals surface area contributed by atoms with Crippen LogP contribution in [0.4, 0.5) is 24.7 Å². The minimum absolute atomic E-state index is 0. The zero-order valence-corrected chi connectivity index (χ0v) is 19.9. The van der Waals surface area contributed by atoms with E-state index >= 15 is 0 Å². The first-order valence-corrected chi connectivity index (χ1v) is 10.8. The number of halogens is 3. The molecule has 1 saturated carbocycles. The molecule has 0 spiro atoms. The average Bonchev–Trinajstić information content (AvgIpc) is 3.53. The minimum Gasteiger partial charge on any atom is -0.419 e. The van der Waals surface area contributed by atoms with Crippen LogP contribution in [-0.4, -0.2) is 29.3 Å². The van der Waals surface area contributed by atoms with Gasteiger partial charge in [-0.2, -0.15) is 13.2 Å². The largest absolute Gasteiger partial charge is 0.419 e. The fourth-order valence-electron chi connectivity index (χ4n) is 3.64. The number of alkyl halides is 3. The van der Waals surface area contributed by atoms with E-state index in [0.29, 0.717) is 17.4 Å². The Bertz CT molecular complexity index is 1000. The molecular formula is C19H21F3N5O2ReS-. The maximum Gasteiger partial charge on any atom is 0.416 e. The Kier molecular flexibility index (Phi) is 7.57. The topological polar surface area (TPSA) is 96.0 Å². The molecule has 2 fully saturated rings. The van der Waals surface area contributed by atoms with E-state index in [1.807, 2.05) is 0 Å².